The third-order valence-corrected chi connectivity index (χ3v) is 3.11. The van der Waals surface area contributed by atoms with Gasteiger partial charge in [0.1, 0.15) is 5.54 Å². The third-order valence-electron chi connectivity index (χ3n) is 3.11. The average Bonchev–Trinajstić information content (AvgIpc) is 2.10. The highest BCUT2D eigenvalue weighted by Crippen LogP contribution is 2.21. The van der Waals surface area contributed by atoms with E-state index in [1.807, 2.05) is 4.90 Å². The molecule has 76 valence electrons. The lowest BCUT2D eigenvalue weighted by Crippen LogP contribution is -2.71. The van der Waals surface area contributed by atoms with Gasteiger partial charge in [0.15, 0.2) is 0 Å². The molecule has 2 fully saturated rings. The van der Waals surface area contributed by atoms with Crippen LogP contribution in [-0.2, 0) is 4.79 Å². The van der Waals surface area contributed by atoms with Gasteiger partial charge in [-0.25, -0.2) is 0 Å². The first-order valence-corrected chi connectivity index (χ1v) is 4.79. The van der Waals surface area contributed by atoms with Gasteiger partial charge in [-0.3, -0.25) is 9.69 Å². The maximum atomic E-state index is 11.5. The van der Waals surface area contributed by atoms with Gasteiger partial charge in [0, 0.05) is 33.2 Å². The maximum absolute atomic E-state index is 11.5. The van der Waals surface area contributed by atoms with Crippen molar-refractivity contribution in [1.29, 1.82) is 5.26 Å². The van der Waals surface area contributed by atoms with E-state index in [1.54, 1.807) is 11.9 Å². The Labute approximate surface area is 83.3 Å². The fourth-order valence-electron chi connectivity index (χ4n) is 1.86. The van der Waals surface area contributed by atoms with Gasteiger partial charge < -0.3 is 10.2 Å². The van der Waals surface area contributed by atoms with Crippen molar-refractivity contribution in [3.63, 3.8) is 0 Å². The zero-order valence-corrected chi connectivity index (χ0v) is 8.29. The number of rotatable bonds is 1. The summed E-state index contributed by atoms with van der Waals surface area (Å²) in [7, 11) is 1.80. The molecule has 14 heavy (non-hydrogen) atoms. The van der Waals surface area contributed by atoms with E-state index in [9.17, 15) is 4.79 Å². The van der Waals surface area contributed by atoms with Crippen molar-refractivity contribution in [1.82, 2.24) is 15.1 Å². The van der Waals surface area contributed by atoms with Crippen molar-refractivity contribution in [2.45, 2.75) is 5.54 Å². The molecule has 2 rings (SSSR count). The van der Waals surface area contributed by atoms with E-state index < -0.39 is 5.54 Å². The van der Waals surface area contributed by atoms with Crippen molar-refractivity contribution in [2.75, 3.05) is 39.8 Å². The van der Waals surface area contributed by atoms with Crippen molar-refractivity contribution in [3.05, 3.63) is 0 Å². The summed E-state index contributed by atoms with van der Waals surface area (Å²) < 4.78 is 0. The minimum Gasteiger partial charge on any atom is -0.343 e. The van der Waals surface area contributed by atoms with Crippen molar-refractivity contribution >= 4 is 5.91 Å². The molecule has 0 unspecified atom stereocenters. The zero-order valence-electron chi connectivity index (χ0n) is 8.29. The van der Waals surface area contributed by atoms with Crippen LogP contribution >= 0.6 is 0 Å². The molecule has 2 aliphatic heterocycles. The minimum atomic E-state index is -0.420. The van der Waals surface area contributed by atoms with E-state index in [2.05, 4.69) is 11.4 Å². The van der Waals surface area contributed by atoms with Crippen LogP contribution in [0, 0.1) is 11.3 Å². The number of hydrogen-bond acceptors (Lipinski definition) is 4. The Hall–Kier alpha value is -1.12. The van der Waals surface area contributed by atoms with Crippen molar-refractivity contribution in [3.8, 4) is 6.07 Å². The number of nitriles is 1. The maximum Gasteiger partial charge on any atom is 0.236 e. The van der Waals surface area contributed by atoms with E-state index in [0.29, 0.717) is 19.6 Å². The highest BCUT2D eigenvalue weighted by Gasteiger charge is 2.45. The van der Waals surface area contributed by atoms with Gasteiger partial charge in [0.2, 0.25) is 5.91 Å². The molecule has 0 aromatic heterocycles. The Morgan fingerprint density at radius 1 is 1.50 bits per heavy atom. The van der Waals surface area contributed by atoms with Crippen LogP contribution in [-0.4, -0.2) is 61.0 Å². The second-order valence-corrected chi connectivity index (χ2v) is 3.98. The van der Waals surface area contributed by atoms with E-state index >= 15 is 0 Å². The number of piperazine rings is 1. The van der Waals surface area contributed by atoms with Crippen LogP contribution in [0.1, 0.15) is 0 Å². The molecule has 0 spiro atoms. The van der Waals surface area contributed by atoms with Crippen molar-refractivity contribution in [2.24, 2.45) is 0 Å². The Bertz CT molecular complexity index is 292. The molecule has 0 saturated carbocycles. The lowest BCUT2D eigenvalue weighted by Gasteiger charge is -2.47. The van der Waals surface area contributed by atoms with Crippen LogP contribution < -0.4 is 5.32 Å². The van der Waals surface area contributed by atoms with Gasteiger partial charge in [0.05, 0.1) is 12.6 Å². The monoisotopic (exact) mass is 194 g/mol. The lowest BCUT2D eigenvalue weighted by atomic mass is 9.91. The molecule has 2 heterocycles. The quantitative estimate of drug-likeness (QED) is 0.559. The summed E-state index contributed by atoms with van der Waals surface area (Å²) in [5.41, 5.74) is -0.420. The van der Waals surface area contributed by atoms with Crippen LogP contribution in [0.5, 0.6) is 0 Å². The molecule has 2 aliphatic rings. The predicted molar refractivity (Wildman–Crippen MR) is 50.4 cm³/mol. The summed E-state index contributed by atoms with van der Waals surface area (Å²) >= 11 is 0. The van der Waals surface area contributed by atoms with Gasteiger partial charge in [-0.2, -0.15) is 5.26 Å². The third kappa shape index (κ3) is 1.27. The van der Waals surface area contributed by atoms with Crippen molar-refractivity contribution < 1.29 is 4.79 Å². The topological polar surface area (TPSA) is 59.4 Å². The molecular weight excluding hydrogens is 180 g/mol. The minimum absolute atomic E-state index is 0.109. The number of nitrogens with zero attached hydrogens (tertiary/aromatic N) is 3. The van der Waals surface area contributed by atoms with Gasteiger partial charge in [-0.05, 0) is 0 Å². The Morgan fingerprint density at radius 2 is 2.21 bits per heavy atom. The number of amides is 1. The first kappa shape index (κ1) is 9.44. The number of likely N-dealkylation sites (N-methyl/N-ethyl adjacent to an activating group) is 1. The molecule has 0 atom stereocenters. The molecule has 5 nitrogen and oxygen atoms in total. The fraction of sp³-hybridized carbons (Fsp3) is 0.778. The standard InChI is InChI=1S/C9H14N4O/c1-12-2-3-13(4-8(12)14)9(5-10)6-11-7-9/h11H,2-4,6-7H2,1H3. The van der Waals surface area contributed by atoms with Gasteiger partial charge in [0.25, 0.3) is 0 Å². The molecule has 0 aromatic rings. The van der Waals surface area contributed by atoms with Crippen LogP contribution in [0.25, 0.3) is 0 Å². The highest BCUT2D eigenvalue weighted by atomic mass is 16.2. The molecule has 1 amide bonds. The van der Waals surface area contributed by atoms with Crippen LogP contribution in [0.2, 0.25) is 0 Å². The van der Waals surface area contributed by atoms with E-state index in [0.717, 1.165) is 13.1 Å². The first-order chi connectivity index (χ1) is 6.68. The number of hydrogen-bond donors (Lipinski definition) is 1. The smallest absolute Gasteiger partial charge is 0.236 e. The Morgan fingerprint density at radius 3 is 2.64 bits per heavy atom. The molecule has 0 aromatic carbocycles. The predicted octanol–water partition coefficient (Wildman–Crippen LogP) is -1.37. The summed E-state index contributed by atoms with van der Waals surface area (Å²) in [5, 5.41) is 12.2. The molecule has 2 saturated heterocycles. The summed E-state index contributed by atoms with van der Waals surface area (Å²) in [4.78, 5) is 15.2. The van der Waals surface area contributed by atoms with Gasteiger partial charge in [-0.15, -0.1) is 0 Å². The summed E-state index contributed by atoms with van der Waals surface area (Å²) in [6.07, 6.45) is 0. The highest BCUT2D eigenvalue weighted by molar-refractivity contribution is 5.79. The molecular formula is C9H14N4O. The van der Waals surface area contributed by atoms with E-state index in [-0.39, 0.29) is 5.91 Å². The largest absolute Gasteiger partial charge is 0.343 e. The van der Waals surface area contributed by atoms with E-state index in [4.69, 9.17) is 5.26 Å². The normalized spacial score (nSPS) is 26.9. The summed E-state index contributed by atoms with van der Waals surface area (Å²) in [5.74, 6) is 0.109. The number of carbonyl (C=O) groups excluding carboxylic acids is 1. The lowest BCUT2D eigenvalue weighted by molar-refractivity contribution is -0.137. The van der Waals surface area contributed by atoms with Gasteiger partial charge >= 0.3 is 0 Å². The molecule has 5 heteroatoms. The SMILES string of the molecule is CN1CCN(C2(C#N)CNC2)CC1=O. The number of nitrogens with one attached hydrogen (secondary N) is 1. The fourth-order valence-corrected chi connectivity index (χ4v) is 1.86. The van der Waals surface area contributed by atoms with Crippen LogP contribution in [0.15, 0.2) is 0 Å². The average molecular weight is 194 g/mol. The Balaban J connectivity index is 2.06. The second kappa shape index (κ2) is 3.23. The molecule has 1 N–H and O–H groups in total. The number of carbonyl (C=O) groups is 1. The Kier molecular flexibility index (Phi) is 2.17. The molecule has 0 bridgehead atoms. The summed E-state index contributed by atoms with van der Waals surface area (Å²) in [6, 6.07) is 2.31. The van der Waals surface area contributed by atoms with Crippen LogP contribution in [0.4, 0.5) is 0 Å². The van der Waals surface area contributed by atoms with E-state index in [1.165, 1.54) is 0 Å². The molecule has 0 radical (unpaired) electrons. The van der Waals surface area contributed by atoms with Crippen LogP contribution in [0.3, 0.4) is 0 Å². The molecule has 0 aliphatic carbocycles. The summed E-state index contributed by atoms with van der Waals surface area (Å²) in [6.45, 7) is 3.27. The van der Waals surface area contributed by atoms with Gasteiger partial charge in [-0.1, -0.05) is 0 Å². The zero-order chi connectivity index (χ0) is 10.2. The second-order valence-electron chi connectivity index (χ2n) is 3.98. The first-order valence-electron chi connectivity index (χ1n) is 4.79.